The molecule has 0 heterocycles. The fraction of sp³-hybridized carbons (Fsp3) is 0.278. The number of nitro groups is 2. The van der Waals surface area contributed by atoms with E-state index in [9.17, 15) is 25.0 Å². The summed E-state index contributed by atoms with van der Waals surface area (Å²) < 4.78 is 0. The van der Waals surface area contributed by atoms with E-state index >= 15 is 0 Å². The summed E-state index contributed by atoms with van der Waals surface area (Å²) in [6.45, 7) is 0. The molecule has 0 atom stereocenters. The number of carbonyl (C=O) groups is 1. The highest BCUT2D eigenvalue weighted by Gasteiger charge is 2.23. The van der Waals surface area contributed by atoms with Crippen LogP contribution in [-0.4, -0.2) is 21.8 Å². The lowest BCUT2D eigenvalue weighted by Crippen LogP contribution is -2.32. The molecule has 0 saturated heterocycles. The van der Waals surface area contributed by atoms with Crippen LogP contribution in [0, 0.1) is 20.2 Å². The van der Waals surface area contributed by atoms with Gasteiger partial charge in [-0.3, -0.25) is 25.0 Å². The van der Waals surface area contributed by atoms with E-state index in [0.29, 0.717) is 10.5 Å². The topological polar surface area (TPSA) is 115 Å². The van der Waals surface area contributed by atoms with Crippen LogP contribution in [0.25, 0.3) is 0 Å². The third-order valence-corrected chi connectivity index (χ3v) is 5.53. The summed E-state index contributed by atoms with van der Waals surface area (Å²) in [6, 6.07) is 10.5. The molecule has 2 aromatic carbocycles. The second-order valence-electron chi connectivity index (χ2n) is 6.22. The second-order valence-corrected chi connectivity index (χ2v) is 7.30. The number of benzene rings is 2. The van der Waals surface area contributed by atoms with Crippen molar-refractivity contribution >= 4 is 29.0 Å². The van der Waals surface area contributed by atoms with E-state index in [2.05, 4.69) is 5.32 Å². The molecule has 3 rings (SSSR count). The van der Waals surface area contributed by atoms with Crippen LogP contribution < -0.4 is 5.32 Å². The largest absolute Gasteiger partial charge is 0.349 e. The molecular weight excluding hydrogens is 370 g/mol. The van der Waals surface area contributed by atoms with Gasteiger partial charge in [-0.25, -0.2) is 0 Å². The van der Waals surface area contributed by atoms with E-state index in [-0.39, 0.29) is 28.2 Å². The molecule has 0 aliphatic heterocycles. The van der Waals surface area contributed by atoms with Crippen molar-refractivity contribution in [3.63, 3.8) is 0 Å². The van der Waals surface area contributed by atoms with Crippen molar-refractivity contribution in [1.82, 2.24) is 5.32 Å². The average Bonchev–Trinajstić information content (AvgIpc) is 3.15. The molecule has 140 valence electrons. The Morgan fingerprint density at radius 3 is 2.37 bits per heavy atom. The summed E-state index contributed by atoms with van der Waals surface area (Å²) in [4.78, 5) is 34.3. The minimum absolute atomic E-state index is 0.157. The van der Waals surface area contributed by atoms with Gasteiger partial charge >= 0.3 is 0 Å². The van der Waals surface area contributed by atoms with Crippen LogP contribution in [0.5, 0.6) is 0 Å². The maximum atomic E-state index is 12.6. The molecule has 0 spiro atoms. The van der Waals surface area contributed by atoms with Crippen LogP contribution in [0.1, 0.15) is 36.0 Å². The van der Waals surface area contributed by atoms with Gasteiger partial charge < -0.3 is 5.32 Å². The van der Waals surface area contributed by atoms with Crippen molar-refractivity contribution in [1.29, 1.82) is 0 Å². The zero-order valence-corrected chi connectivity index (χ0v) is 15.1. The van der Waals surface area contributed by atoms with Gasteiger partial charge in [-0.1, -0.05) is 36.7 Å². The summed E-state index contributed by atoms with van der Waals surface area (Å²) in [5, 5.41) is 25.2. The molecule has 9 heteroatoms. The van der Waals surface area contributed by atoms with Gasteiger partial charge in [0.2, 0.25) is 0 Å². The number of hydrogen-bond acceptors (Lipinski definition) is 6. The van der Waals surface area contributed by atoms with E-state index in [1.165, 1.54) is 12.1 Å². The number of carbonyl (C=O) groups excluding carboxylic acids is 1. The molecule has 0 aromatic heterocycles. The van der Waals surface area contributed by atoms with Crippen LogP contribution in [0.2, 0.25) is 0 Å². The molecule has 0 radical (unpaired) electrons. The monoisotopic (exact) mass is 387 g/mol. The first-order valence-electron chi connectivity index (χ1n) is 8.46. The van der Waals surface area contributed by atoms with Gasteiger partial charge in [0.05, 0.1) is 26.4 Å². The Labute approximate surface area is 159 Å². The molecule has 1 N–H and O–H groups in total. The Morgan fingerprint density at radius 1 is 1.00 bits per heavy atom. The second kappa shape index (κ2) is 8.17. The Hall–Kier alpha value is -2.94. The third kappa shape index (κ3) is 4.43. The van der Waals surface area contributed by atoms with Crippen molar-refractivity contribution in [2.45, 2.75) is 41.5 Å². The van der Waals surface area contributed by atoms with Crippen LogP contribution in [-0.2, 0) is 0 Å². The minimum atomic E-state index is -0.676. The van der Waals surface area contributed by atoms with E-state index in [4.69, 9.17) is 0 Å². The van der Waals surface area contributed by atoms with Crippen LogP contribution in [0.15, 0.2) is 52.3 Å². The summed E-state index contributed by atoms with van der Waals surface area (Å²) >= 11 is 1.05. The summed E-state index contributed by atoms with van der Waals surface area (Å²) in [5.41, 5.74) is -0.277. The predicted octanol–water partition coefficient (Wildman–Crippen LogP) is 4.33. The molecule has 0 bridgehead atoms. The molecule has 1 saturated carbocycles. The molecule has 1 fully saturated rings. The molecule has 27 heavy (non-hydrogen) atoms. The quantitative estimate of drug-likeness (QED) is 0.583. The zero-order chi connectivity index (χ0) is 19.4. The van der Waals surface area contributed by atoms with Gasteiger partial charge in [0, 0.05) is 17.0 Å². The summed E-state index contributed by atoms with van der Waals surface area (Å²) in [5.74, 6) is -0.213. The zero-order valence-electron chi connectivity index (χ0n) is 14.3. The summed E-state index contributed by atoms with van der Waals surface area (Å²) in [7, 11) is 0. The highest BCUT2D eigenvalue weighted by molar-refractivity contribution is 7.99. The Kier molecular flexibility index (Phi) is 5.70. The fourth-order valence-corrected chi connectivity index (χ4v) is 4.07. The molecule has 8 nitrogen and oxygen atoms in total. The lowest BCUT2D eigenvalue weighted by molar-refractivity contribution is -0.396. The van der Waals surface area contributed by atoms with E-state index in [1.807, 2.05) is 0 Å². The van der Waals surface area contributed by atoms with Crippen molar-refractivity contribution in [2.75, 3.05) is 0 Å². The van der Waals surface area contributed by atoms with Crippen molar-refractivity contribution < 1.29 is 14.6 Å². The SMILES string of the molecule is O=C(NC1CCCC1)c1ccccc1Sc1ccc([N+](=O)[O-])cc1[N+](=O)[O-]. The van der Waals surface area contributed by atoms with E-state index in [1.54, 1.807) is 24.3 Å². The Bertz CT molecular complexity index is 896. The molecule has 0 unspecified atom stereocenters. The lowest BCUT2D eigenvalue weighted by Gasteiger charge is -2.14. The summed E-state index contributed by atoms with van der Waals surface area (Å²) in [6.07, 6.45) is 4.09. The van der Waals surface area contributed by atoms with Crippen LogP contribution in [0.4, 0.5) is 11.4 Å². The first-order chi connectivity index (χ1) is 13.0. The predicted molar refractivity (Wildman–Crippen MR) is 100 cm³/mol. The fourth-order valence-electron chi connectivity index (χ4n) is 3.04. The smallest absolute Gasteiger partial charge is 0.290 e. The van der Waals surface area contributed by atoms with Gasteiger partial charge in [0.25, 0.3) is 17.3 Å². The Morgan fingerprint density at radius 2 is 1.70 bits per heavy atom. The average molecular weight is 387 g/mol. The highest BCUT2D eigenvalue weighted by atomic mass is 32.2. The van der Waals surface area contributed by atoms with Crippen molar-refractivity contribution in [2.24, 2.45) is 0 Å². The number of non-ortho nitro benzene ring substituents is 1. The minimum Gasteiger partial charge on any atom is -0.349 e. The maximum Gasteiger partial charge on any atom is 0.290 e. The van der Waals surface area contributed by atoms with Gasteiger partial charge in [-0.2, -0.15) is 0 Å². The van der Waals surface area contributed by atoms with E-state index in [0.717, 1.165) is 43.5 Å². The normalized spacial score (nSPS) is 14.1. The number of nitro benzene ring substituents is 2. The first kappa shape index (κ1) is 18.8. The Balaban J connectivity index is 1.89. The number of nitrogens with one attached hydrogen (secondary N) is 1. The molecule has 1 aliphatic carbocycles. The number of rotatable bonds is 6. The van der Waals surface area contributed by atoms with Crippen LogP contribution in [0.3, 0.4) is 0 Å². The van der Waals surface area contributed by atoms with Gasteiger partial charge in [0.1, 0.15) is 0 Å². The standard InChI is InChI=1S/C18H17N3O5S/c22-18(19-12-5-1-2-6-12)14-7-3-4-8-16(14)27-17-10-9-13(20(23)24)11-15(17)21(25)26/h3-4,7-12H,1-2,5-6H2,(H,19,22). The first-order valence-corrected chi connectivity index (χ1v) is 9.28. The maximum absolute atomic E-state index is 12.6. The van der Waals surface area contributed by atoms with Crippen LogP contribution >= 0.6 is 11.8 Å². The lowest BCUT2D eigenvalue weighted by atomic mass is 10.2. The molecule has 1 aliphatic rings. The number of amides is 1. The van der Waals surface area contributed by atoms with Gasteiger partial charge in [-0.15, -0.1) is 0 Å². The van der Waals surface area contributed by atoms with E-state index < -0.39 is 9.85 Å². The van der Waals surface area contributed by atoms with Gasteiger partial charge in [0.15, 0.2) is 0 Å². The molecule has 2 aromatic rings. The van der Waals surface area contributed by atoms with Gasteiger partial charge in [-0.05, 0) is 31.0 Å². The highest BCUT2D eigenvalue weighted by Crippen LogP contribution is 2.38. The number of hydrogen-bond donors (Lipinski definition) is 1. The molecule has 1 amide bonds. The van der Waals surface area contributed by atoms with Crippen molar-refractivity contribution in [3.05, 3.63) is 68.3 Å². The molecular formula is C18H17N3O5S. The third-order valence-electron chi connectivity index (χ3n) is 4.39. The number of nitrogens with zero attached hydrogens (tertiary/aromatic N) is 2. The van der Waals surface area contributed by atoms with Crippen molar-refractivity contribution in [3.8, 4) is 0 Å².